The highest BCUT2D eigenvalue weighted by Crippen LogP contribution is 2.32. The van der Waals surface area contributed by atoms with E-state index in [-0.39, 0.29) is 0 Å². The second-order valence-electron chi connectivity index (χ2n) is 5.62. The Labute approximate surface area is 115 Å². The minimum absolute atomic E-state index is 0.398. The Balaban J connectivity index is 1.58. The highest BCUT2D eigenvalue weighted by atomic mass is 16.5. The molecule has 3 rings (SSSR count). The third kappa shape index (κ3) is 2.93. The summed E-state index contributed by atoms with van der Waals surface area (Å²) >= 11 is 0. The van der Waals surface area contributed by atoms with Crippen LogP contribution in [-0.4, -0.2) is 31.9 Å². The zero-order valence-corrected chi connectivity index (χ0v) is 11.6. The Kier molecular flexibility index (Phi) is 4.04. The van der Waals surface area contributed by atoms with Crippen LogP contribution in [0.5, 0.6) is 5.75 Å². The van der Waals surface area contributed by atoms with Gasteiger partial charge in [0, 0.05) is 25.1 Å². The average molecular weight is 261 g/mol. The molecule has 1 aromatic carbocycles. The first kappa shape index (κ1) is 12.9. The van der Waals surface area contributed by atoms with Crippen LogP contribution in [0.3, 0.4) is 0 Å². The van der Waals surface area contributed by atoms with Crippen LogP contribution in [-0.2, 0) is 4.74 Å². The molecule has 3 atom stereocenters. The summed E-state index contributed by atoms with van der Waals surface area (Å²) in [7, 11) is 0. The lowest BCUT2D eigenvalue weighted by Gasteiger charge is -2.28. The van der Waals surface area contributed by atoms with Gasteiger partial charge in [0.25, 0.3) is 0 Å². The predicted molar refractivity (Wildman–Crippen MR) is 75.7 cm³/mol. The summed E-state index contributed by atoms with van der Waals surface area (Å²) in [5.41, 5.74) is 1.35. The molecule has 2 aliphatic heterocycles. The topological polar surface area (TPSA) is 30.5 Å². The summed E-state index contributed by atoms with van der Waals surface area (Å²) < 4.78 is 11.4. The lowest BCUT2D eigenvalue weighted by Crippen LogP contribution is -2.39. The maximum Gasteiger partial charge on any atom is 0.122 e. The fraction of sp³-hybridized carbons (Fsp3) is 0.625. The van der Waals surface area contributed by atoms with E-state index in [2.05, 4.69) is 30.4 Å². The van der Waals surface area contributed by atoms with Gasteiger partial charge < -0.3 is 14.8 Å². The van der Waals surface area contributed by atoms with Crippen molar-refractivity contribution in [2.45, 2.75) is 44.2 Å². The van der Waals surface area contributed by atoms with E-state index >= 15 is 0 Å². The predicted octanol–water partition coefficient (Wildman–Crippen LogP) is 2.71. The van der Waals surface area contributed by atoms with Crippen molar-refractivity contribution in [3.05, 3.63) is 29.8 Å². The summed E-state index contributed by atoms with van der Waals surface area (Å²) in [6.07, 6.45) is 3.90. The summed E-state index contributed by atoms with van der Waals surface area (Å²) in [6.45, 7) is 5.01. The molecule has 0 saturated carbocycles. The normalized spacial score (nSPS) is 27.6. The molecule has 0 spiro atoms. The van der Waals surface area contributed by atoms with E-state index in [0.717, 1.165) is 31.9 Å². The molecule has 3 unspecified atom stereocenters. The molecular formula is C16H23NO2. The van der Waals surface area contributed by atoms with Gasteiger partial charge in [0.1, 0.15) is 5.75 Å². The molecule has 1 saturated heterocycles. The van der Waals surface area contributed by atoms with Crippen molar-refractivity contribution in [1.82, 2.24) is 5.32 Å². The van der Waals surface area contributed by atoms with Crippen molar-refractivity contribution >= 4 is 0 Å². The molecule has 0 aliphatic carbocycles. The van der Waals surface area contributed by atoms with Crippen LogP contribution in [0.4, 0.5) is 0 Å². The smallest absolute Gasteiger partial charge is 0.122 e. The molecule has 2 aliphatic rings. The fourth-order valence-corrected chi connectivity index (χ4v) is 3.08. The van der Waals surface area contributed by atoms with Crippen LogP contribution >= 0.6 is 0 Å². The van der Waals surface area contributed by atoms with Gasteiger partial charge in [-0.2, -0.15) is 0 Å². The molecule has 104 valence electrons. The van der Waals surface area contributed by atoms with Crippen LogP contribution < -0.4 is 10.1 Å². The molecule has 0 amide bonds. The number of ether oxygens (including phenoxy) is 2. The maximum absolute atomic E-state index is 5.74. The van der Waals surface area contributed by atoms with Crippen LogP contribution in [0, 0.1) is 0 Å². The lowest BCUT2D eigenvalue weighted by atomic mass is 9.92. The van der Waals surface area contributed by atoms with E-state index in [1.807, 2.05) is 6.07 Å². The number of hydrogen-bond acceptors (Lipinski definition) is 3. The average Bonchev–Trinajstić information content (AvgIpc) is 2.99. The highest BCUT2D eigenvalue weighted by Gasteiger charge is 2.25. The van der Waals surface area contributed by atoms with Gasteiger partial charge in [-0.05, 0) is 37.8 Å². The number of hydrogen-bond donors (Lipinski definition) is 1. The third-order valence-corrected chi connectivity index (χ3v) is 4.29. The van der Waals surface area contributed by atoms with E-state index in [9.17, 15) is 0 Å². The summed E-state index contributed by atoms with van der Waals surface area (Å²) in [5.74, 6) is 1.62. The Morgan fingerprint density at radius 1 is 1.26 bits per heavy atom. The van der Waals surface area contributed by atoms with Gasteiger partial charge in [0.2, 0.25) is 0 Å². The van der Waals surface area contributed by atoms with Gasteiger partial charge >= 0.3 is 0 Å². The van der Waals surface area contributed by atoms with Gasteiger partial charge in [-0.1, -0.05) is 18.2 Å². The minimum Gasteiger partial charge on any atom is -0.493 e. The molecule has 3 heteroatoms. The molecule has 0 bridgehead atoms. The first-order valence-corrected chi connectivity index (χ1v) is 7.41. The second-order valence-corrected chi connectivity index (χ2v) is 5.62. The molecule has 2 heterocycles. The highest BCUT2D eigenvalue weighted by molar-refractivity contribution is 5.37. The number of para-hydroxylation sites is 1. The van der Waals surface area contributed by atoms with Crippen molar-refractivity contribution in [1.29, 1.82) is 0 Å². The Hall–Kier alpha value is -1.06. The monoisotopic (exact) mass is 261 g/mol. The molecule has 19 heavy (non-hydrogen) atoms. The van der Waals surface area contributed by atoms with Crippen molar-refractivity contribution in [2.24, 2.45) is 0 Å². The quantitative estimate of drug-likeness (QED) is 0.904. The van der Waals surface area contributed by atoms with E-state index < -0.39 is 0 Å². The molecule has 3 nitrogen and oxygen atoms in total. The number of nitrogens with one attached hydrogen (secondary N) is 1. The summed E-state index contributed by atoms with van der Waals surface area (Å²) in [5, 5.41) is 3.65. The molecule has 0 aromatic heterocycles. The van der Waals surface area contributed by atoms with Crippen LogP contribution in [0.2, 0.25) is 0 Å². The maximum atomic E-state index is 5.74. The van der Waals surface area contributed by atoms with Crippen LogP contribution in [0.1, 0.15) is 37.7 Å². The molecule has 1 N–H and O–H groups in total. The standard InChI is InChI=1S/C16H23NO2/c1-12(15-7-4-9-18-15)17-11-13-8-10-19-16-6-3-2-5-14(13)16/h2-3,5-6,12-13,15,17H,4,7-11H2,1H3. The first-order chi connectivity index (χ1) is 9.34. The molecule has 0 radical (unpaired) electrons. The van der Waals surface area contributed by atoms with Crippen LogP contribution in [0.15, 0.2) is 24.3 Å². The SMILES string of the molecule is CC(NCC1CCOc2ccccc21)C1CCCO1. The largest absolute Gasteiger partial charge is 0.493 e. The minimum atomic E-state index is 0.398. The van der Waals surface area contributed by atoms with Crippen LogP contribution in [0.25, 0.3) is 0 Å². The molecule has 1 aromatic rings. The fourth-order valence-electron chi connectivity index (χ4n) is 3.08. The van der Waals surface area contributed by atoms with E-state index in [4.69, 9.17) is 9.47 Å². The number of benzene rings is 1. The van der Waals surface area contributed by atoms with Crippen molar-refractivity contribution in [3.8, 4) is 5.75 Å². The zero-order chi connectivity index (χ0) is 13.1. The summed E-state index contributed by atoms with van der Waals surface area (Å²) in [6, 6.07) is 8.86. The zero-order valence-electron chi connectivity index (χ0n) is 11.6. The van der Waals surface area contributed by atoms with E-state index in [1.165, 1.54) is 18.4 Å². The van der Waals surface area contributed by atoms with E-state index in [1.54, 1.807) is 0 Å². The Morgan fingerprint density at radius 3 is 3.00 bits per heavy atom. The third-order valence-electron chi connectivity index (χ3n) is 4.29. The summed E-state index contributed by atoms with van der Waals surface area (Å²) in [4.78, 5) is 0. The van der Waals surface area contributed by atoms with Crippen molar-refractivity contribution in [3.63, 3.8) is 0 Å². The molecular weight excluding hydrogens is 238 g/mol. The van der Waals surface area contributed by atoms with E-state index in [0.29, 0.717) is 18.1 Å². The van der Waals surface area contributed by atoms with Gasteiger partial charge in [0.15, 0.2) is 0 Å². The van der Waals surface area contributed by atoms with Gasteiger partial charge in [-0.15, -0.1) is 0 Å². The van der Waals surface area contributed by atoms with Gasteiger partial charge in [-0.25, -0.2) is 0 Å². The lowest BCUT2D eigenvalue weighted by molar-refractivity contribution is 0.0827. The molecule has 1 fully saturated rings. The number of rotatable bonds is 4. The Morgan fingerprint density at radius 2 is 2.16 bits per heavy atom. The van der Waals surface area contributed by atoms with Crippen molar-refractivity contribution < 1.29 is 9.47 Å². The van der Waals surface area contributed by atoms with Crippen molar-refractivity contribution in [2.75, 3.05) is 19.8 Å². The van der Waals surface area contributed by atoms with Gasteiger partial charge in [-0.3, -0.25) is 0 Å². The Bertz CT molecular complexity index is 415. The number of fused-ring (bicyclic) bond motifs is 1. The first-order valence-electron chi connectivity index (χ1n) is 7.41. The van der Waals surface area contributed by atoms with Gasteiger partial charge in [0.05, 0.1) is 12.7 Å². The second kappa shape index (κ2) is 5.93.